The number of hydrogen-bond acceptors (Lipinski definition) is 5. The Morgan fingerprint density at radius 1 is 0.929 bits per heavy atom. The maximum Gasteiger partial charge on any atom is 0.243 e. The Kier molecular flexibility index (Phi) is 11.2. The van der Waals surface area contributed by atoms with E-state index in [0.717, 1.165) is 24.0 Å². The van der Waals surface area contributed by atoms with Crippen LogP contribution in [0.25, 0.3) is 0 Å². The van der Waals surface area contributed by atoms with E-state index in [-0.39, 0.29) is 35.5 Å². The Hall–Kier alpha value is -3.60. The molecule has 8 nitrogen and oxygen atoms in total. The van der Waals surface area contributed by atoms with Crippen LogP contribution in [0.15, 0.2) is 83.8 Å². The average molecular weight is 596 g/mol. The van der Waals surface area contributed by atoms with E-state index in [1.807, 2.05) is 30.3 Å². The zero-order chi connectivity index (χ0) is 30.0. The molecule has 0 unspecified atom stereocenters. The van der Waals surface area contributed by atoms with Crippen molar-refractivity contribution in [2.75, 3.05) is 33.4 Å². The van der Waals surface area contributed by atoms with Crippen molar-refractivity contribution >= 4 is 21.8 Å². The van der Waals surface area contributed by atoms with E-state index in [2.05, 4.69) is 5.32 Å². The number of aryl methyl sites for hydroxylation is 1. The molecule has 1 saturated heterocycles. The van der Waals surface area contributed by atoms with Gasteiger partial charge >= 0.3 is 0 Å². The van der Waals surface area contributed by atoms with Crippen LogP contribution in [0.2, 0.25) is 0 Å². The second-order valence-corrected chi connectivity index (χ2v) is 12.3. The standard InChI is InChI=1S/C32H38FN3O5S/c1-41-22-19-34-32(38)30(23-26-7-3-2-4-8-26)36(24-27-9-14-28(33)15-10-27)31(37)18-13-25-11-16-29(17-12-25)42(39,40)35-20-5-6-21-35/h2-4,7-12,14-17,30H,5-6,13,18-24H2,1H3,(H,34,38)/t30-/m0/s1. The number of sulfonamides is 1. The van der Waals surface area contributed by atoms with Crippen LogP contribution in [0.1, 0.15) is 36.0 Å². The summed E-state index contributed by atoms with van der Waals surface area (Å²) in [6.45, 7) is 1.82. The molecule has 0 aromatic heterocycles. The Labute approximate surface area is 247 Å². The summed E-state index contributed by atoms with van der Waals surface area (Å²) in [6, 6.07) is 21.2. The van der Waals surface area contributed by atoms with Crippen LogP contribution in [0.4, 0.5) is 4.39 Å². The Balaban J connectivity index is 1.54. The second kappa shape index (κ2) is 15.0. The molecular formula is C32H38FN3O5S. The number of ether oxygens (including phenoxy) is 1. The van der Waals surface area contributed by atoms with Gasteiger partial charge in [-0.3, -0.25) is 9.59 Å². The number of nitrogens with one attached hydrogen (secondary N) is 1. The van der Waals surface area contributed by atoms with Gasteiger partial charge in [0.15, 0.2) is 0 Å². The second-order valence-electron chi connectivity index (χ2n) is 10.4. The van der Waals surface area contributed by atoms with Gasteiger partial charge in [0.2, 0.25) is 21.8 Å². The predicted octanol–water partition coefficient (Wildman–Crippen LogP) is 3.95. The Morgan fingerprint density at radius 3 is 2.21 bits per heavy atom. The summed E-state index contributed by atoms with van der Waals surface area (Å²) in [4.78, 5) is 29.0. The van der Waals surface area contributed by atoms with Gasteiger partial charge in [-0.25, -0.2) is 12.8 Å². The monoisotopic (exact) mass is 595 g/mol. The van der Waals surface area contributed by atoms with E-state index in [1.165, 1.54) is 16.4 Å². The van der Waals surface area contributed by atoms with Crippen LogP contribution in [-0.2, 0) is 43.7 Å². The van der Waals surface area contributed by atoms with E-state index in [4.69, 9.17) is 4.74 Å². The summed E-state index contributed by atoms with van der Waals surface area (Å²) in [6.07, 6.45) is 2.50. The molecular weight excluding hydrogens is 557 g/mol. The highest BCUT2D eigenvalue weighted by Gasteiger charge is 2.30. The van der Waals surface area contributed by atoms with Crippen LogP contribution in [0, 0.1) is 5.82 Å². The molecule has 0 saturated carbocycles. The van der Waals surface area contributed by atoms with Gasteiger partial charge in [0.1, 0.15) is 11.9 Å². The van der Waals surface area contributed by atoms with Crippen molar-refractivity contribution in [2.24, 2.45) is 0 Å². The van der Waals surface area contributed by atoms with Gasteiger partial charge in [-0.1, -0.05) is 54.6 Å². The molecule has 1 aliphatic heterocycles. The van der Waals surface area contributed by atoms with Crippen molar-refractivity contribution in [3.05, 3.63) is 101 Å². The summed E-state index contributed by atoms with van der Waals surface area (Å²) in [5.74, 6) is -0.927. The number of carbonyl (C=O) groups is 2. The van der Waals surface area contributed by atoms with Gasteiger partial charge in [-0.2, -0.15) is 4.31 Å². The number of benzene rings is 3. The first-order chi connectivity index (χ1) is 20.3. The van der Waals surface area contributed by atoms with E-state index < -0.39 is 16.1 Å². The number of amides is 2. The Bertz CT molecular complexity index is 1410. The number of rotatable bonds is 14. The van der Waals surface area contributed by atoms with E-state index >= 15 is 0 Å². The molecule has 1 aliphatic rings. The molecule has 1 atom stereocenters. The first-order valence-electron chi connectivity index (χ1n) is 14.2. The molecule has 2 amide bonds. The fraction of sp³-hybridized carbons (Fsp3) is 0.375. The molecule has 1 N–H and O–H groups in total. The lowest BCUT2D eigenvalue weighted by Gasteiger charge is -2.31. The lowest BCUT2D eigenvalue weighted by molar-refractivity contribution is -0.141. The summed E-state index contributed by atoms with van der Waals surface area (Å²) >= 11 is 0. The van der Waals surface area contributed by atoms with Crippen molar-refractivity contribution in [3.8, 4) is 0 Å². The number of halogens is 1. The molecule has 224 valence electrons. The smallest absolute Gasteiger partial charge is 0.243 e. The number of carbonyl (C=O) groups excluding carboxylic acids is 2. The first kappa shape index (κ1) is 31.3. The van der Waals surface area contributed by atoms with Gasteiger partial charge in [-0.15, -0.1) is 0 Å². The van der Waals surface area contributed by atoms with Crippen molar-refractivity contribution in [3.63, 3.8) is 0 Å². The molecule has 10 heteroatoms. The van der Waals surface area contributed by atoms with Gasteiger partial charge < -0.3 is 15.0 Å². The minimum atomic E-state index is -3.52. The van der Waals surface area contributed by atoms with E-state index in [1.54, 1.807) is 48.4 Å². The van der Waals surface area contributed by atoms with Crippen molar-refractivity contribution in [1.29, 1.82) is 0 Å². The maximum absolute atomic E-state index is 13.8. The summed E-state index contributed by atoms with van der Waals surface area (Å²) < 4.78 is 46.0. The van der Waals surface area contributed by atoms with Crippen LogP contribution >= 0.6 is 0 Å². The normalized spacial score (nSPS) is 14.4. The molecule has 3 aromatic rings. The third-order valence-electron chi connectivity index (χ3n) is 7.40. The van der Waals surface area contributed by atoms with E-state index in [0.29, 0.717) is 44.6 Å². The Morgan fingerprint density at radius 2 is 1.57 bits per heavy atom. The SMILES string of the molecule is COCCNC(=O)[C@H](Cc1ccccc1)N(Cc1ccc(F)cc1)C(=O)CCc1ccc(S(=O)(=O)N2CCCC2)cc1. The quantitative estimate of drug-likeness (QED) is 0.285. The summed E-state index contributed by atoms with van der Waals surface area (Å²) in [7, 11) is -1.97. The van der Waals surface area contributed by atoms with Crippen LogP contribution < -0.4 is 5.32 Å². The van der Waals surface area contributed by atoms with Gasteiger partial charge in [0.25, 0.3) is 0 Å². The molecule has 0 radical (unpaired) electrons. The maximum atomic E-state index is 13.8. The number of methoxy groups -OCH3 is 1. The van der Waals surface area contributed by atoms with Gasteiger partial charge in [0.05, 0.1) is 11.5 Å². The molecule has 1 heterocycles. The third-order valence-corrected chi connectivity index (χ3v) is 9.31. The van der Waals surface area contributed by atoms with E-state index in [9.17, 15) is 22.4 Å². The molecule has 0 bridgehead atoms. The fourth-order valence-electron chi connectivity index (χ4n) is 5.04. The van der Waals surface area contributed by atoms with Crippen molar-refractivity contribution < 1.29 is 27.1 Å². The zero-order valence-electron chi connectivity index (χ0n) is 23.9. The first-order valence-corrected chi connectivity index (χ1v) is 15.7. The number of nitrogens with zero attached hydrogens (tertiary/aromatic N) is 2. The van der Waals surface area contributed by atoms with Crippen molar-refractivity contribution in [2.45, 2.75) is 49.6 Å². The largest absolute Gasteiger partial charge is 0.383 e. The summed E-state index contributed by atoms with van der Waals surface area (Å²) in [5, 5.41) is 2.87. The molecule has 1 fully saturated rings. The highest BCUT2D eigenvalue weighted by atomic mass is 32.2. The zero-order valence-corrected chi connectivity index (χ0v) is 24.7. The lowest BCUT2D eigenvalue weighted by atomic mass is 10.0. The molecule has 3 aromatic carbocycles. The molecule has 4 rings (SSSR count). The highest BCUT2D eigenvalue weighted by Crippen LogP contribution is 2.22. The van der Waals surface area contributed by atoms with Gasteiger partial charge in [-0.05, 0) is 60.2 Å². The fourth-order valence-corrected chi connectivity index (χ4v) is 6.55. The minimum absolute atomic E-state index is 0.107. The molecule has 0 aliphatic carbocycles. The summed E-state index contributed by atoms with van der Waals surface area (Å²) in [5.41, 5.74) is 2.41. The topological polar surface area (TPSA) is 96.0 Å². The average Bonchev–Trinajstić information content (AvgIpc) is 3.56. The molecule has 42 heavy (non-hydrogen) atoms. The lowest BCUT2D eigenvalue weighted by Crippen LogP contribution is -2.51. The van der Waals surface area contributed by atoms with Crippen molar-refractivity contribution in [1.82, 2.24) is 14.5 Å². The van der Waals surface area contributed by atoms with Crippen LogP contribution in [0.5, 0.6) is 0 Å². The van der Waals surface area contributed by atoms with Crippen LogP contribution in [-0.4, -0.2) is 68.8 Å². The van der Waals surface area contributed by atoms with Crippen LogP contribution in [0.3, 0.4) is 0 Å². The van der Waals surface area contributed by atoms with Gasteiger partial charge in [0, 0.05) is 46.1 Å². The minimum Gasteiger partial charge on any atom is -0.383 e. The predicted molar refractivity (Wildman–Crippen MR) is 159 cm³/mol. The molecule has 0 spiro atoms. The third kappa shape index (κ3) is 8.47. The highest BCUT2D eigenvalue weighted by molar-refractivity contribution is 7.89. The number of hydrogen-bond donors (Lipinski definition) is 1.